The highest BCUT2D eigenvalue weighted by atomic mass is 32.2. The SMILES string of the molecule is CC.Cc1ccc(Nc2c(NSC3(CC(O)CCO)CC3)cn(C)c(=O)c2C)c(F)c1. The van der Waals surface area contributed by atoms with E-state index in [1.807, 2.05) is 26.8 Å². The number of hydrogen-bond acceptors (Lipinski definition) is 6. The van der Waals surface area contributed by atoms with Crippen molar-refractivity contribution in [2.45, 2.75) is 64.2 Å². The molecule has 1 aliphatic carbocycles. The number of aryl methyl sites for hydroxylation is 2. The van der Waals surface area contributed by atoms with Crippen molar-refractivity contribution in [3.8, 4) is 0 Å². The Bertz CT molecular complexity index is 944. The van der Waals surface area contributed by atoms with Gasteiger partial charge in [0.05, 0.1) is 23.2 Å². The molecule has 2 aromatic rings. The number of halogens is 1. The summed E-state index contributed by atoms with van der Waals surface area (Å²) in [4.78, 5) is 12.4. The van der Waals surface area contributed by atoms with Gasteiger partial charge in [-0.3, -0.25) is 4.79 Å². The Labute approximate surface area is 188 Å². The second kappa shape index (κ2) is 11.0. The Hall–Kier alpha value is -2.03. The van der Waals surface area contributed by atoms with Gasteiger partial charge in [-0.05, 0) is 69.2 Å². The van der Waals surface area contributed by atoms with Gasteiger partial charge in [-0.2, -0.15) is 0 Å². The topological polar surface area (TPSA) is 86.5 Å². The number of benzene rings is 1. The zero-order chi connectivity index (χ0) is 23.2. The highest BCUT2D eigenvalue weighted by molar-refractivity contribution is 8.02. The quantitative estimate of drug-likeness (QED) is 0.416. The summed E-state index contributed by atoms with van der Waals surface area (Å²) >= 11 is 1.51. The minimum absolute atomic E-state index is 0.0362. The third kappa shape index (κ3) is 6.48. The highest BCUT2D eigenvalue weighted by Crippen LogP contribution is 2.52. The minimum Gasteiger partial charge on any atom is -0.396 e. The number of nitrogens with zero attached hydrogens (tertiary/aromatic N) is 1. The van der Waals surface area contributed by atoms with Crippen LogP contribution in [-0.2, 0) is 7.05 Å². The molecule has 3 rings (SSSR count). The maximum atomic E-state index is 14.4. The first kappa shape index (κ1) is 25.2. The van der Waals surface area contributed by atoms with Gasteiger partial charge in [-0.15, -0.1) is 0 Å². The second-order valence-corrected chi connectivity index (χ2v) is 9.10. The van der Waals surface area contributed by atoms with Crippen molar-refractivity contribution >= 4 is 29.0 Å². The first-order chi connectivity index (χ1) is 14.7. The largest absolute Gasteiger partial charge is 0.396 e. The van der Waals surface area contributed by atoms with Gasteiger partial charge in [0.2, 0.25) is 0 Å². The lowest BCUT2D eigenvalue weighted by molar-refractivity contribution is 0.123. The third-order valence-corrected chi connectivity index (χ3v) is 6.58. The first-order valence-corrected chi connectivity index (χ1v) is 11.5. The maximum absolute atomic E-state index is 14.4. The second-order valence-electron chi connectivity index (χ2n) is 7.82. The van der Waals surface area contributed by atoms with Crippen molar-refractivity contribution in [1.82, 2.24) is 4.57 Å². The van der Waals surface area contributed by atoms with E-state index in [4.69, 9.17) is 5.11 Å². The summed E-state index contributed by atoms with van der Waals surface area (Å²) in [5.41, 5.74) is 2.67. The van der Waals surface area contributed by atoms with Crippen molar-refractivity contribution in [3.05, 3.63) is 51.7 Å². The predicted molar refractivity (Wildman–Crippen MR) is 128 cm³/mol. The summed E-state index contributed by atoms with van der Waals surface area (Å²) in [5.74, 6) is -0.380. The lowest BCUT2D eigenvalue weighted by Gasteiger charge is -2.22. The lowest BCUT2D eigenvalue weighted by atomic mass is 10.1. The molecule has 1 fully saturated rings. The Morgan fingerprint density at radius 3 is 2.52 bits per heavy atom. The van der Waals surface area contributed by atoms with Gasteiger partial charge in [-0.25, -0.2) is 4.39 Å². The van der Waals surface area contributed by atoms with Crippen LogP contribution in [0.3, 0.4) is 0 Å². The summed E-state index contributed by atoms with van der Waals surface area (Å²) in [6, 6.07) is 4.92. The van der Waals surface area contributed by atoms with E-state index in [9.17, 15) is 14.3 Å². The number of pyridine rings is 1. The van der Waals surface area contributed by atoms with Crippen LogP contribution in [0.5, 0.6) is 0 Å². The van der Waals surface area contributed by atoms with Crippen molar-refractivity contribution in [2.24, 2.45) is 7.05 Å². The number of hydrogen-bond donors (Lipinski definition) is 4. The van der Waals surface area contributed by atoms with E-state index in [1.165, 1.54) is 22.6 Å². The van der Waals surface area contributed by atoms with Gasteiger partial charge >= 0.3 is 0 Å². The maximum Gasteiger partial charge on any atom is 0.255 e. The van der Waals surface area contributed by atoms with Crippen LogP contribution < -0.4 is 15.6 Å². The van der Waals surface area contributed by atoms with Gasteiger partial charge in [0.25, 0.3) is 5.56 Å². The molecule has 6 nitrogen and oxygen atoms in total. The van der Waals surface area contributed by atoms with Crippen molar-refractivity contribution < 1.29 is 14.6 Å². The third-order valence-electron chi connectivity index (χ3n) is 5.25. The van der Waals surface area contributed by atoms with E-state index in [2.05, 4.69) is 10.0 Å². The fourth-order valence-corrected chi connectivity index (χ4v) is 4.38. The predicted octanol–water partition coefficient (Wildman–Crippen LogP) is 4.64. The summed E-state index contributed by atoms with van der Waals surface area (Å²) in [6.07, 6.45) is 4.03. The Morgan fingerprint density at radius 1 is 1.26 bits per heavy atom. The molecule has 8 heteroatoms. The van der Waals surface area contributed by atoms with Gasteiger partial charge in [-0.1, -0.05) is 19.9 Å². The number of aliphatic hydroxyl groups excluding tert-OH is 2. The lowest BCUT2D eigenvalue weighted by Crippen LogP contribution is -2.22. The molecule has 0 bridgehead atoms. The summed E-state index contributed by atoms with van der Waals surface area (Å²) in [7, 11) is 1.68. The average molecular weight is 452 g/mol. The van der Waals surface area contributed by atoms with Gasteiger partial charge < -0.3 is 24.8 Å². The molecule has 1 atom stereocenters. The van der Waals surface area contributed by atoms with Gasteiger partial charge in [0.1, 0.15) is 5.82 Å². The summed E-state index contributed by atoms with van der Waals surface area (Å²) in [5, 5.41) is 22.1. The molecule has 1 heterocycles. The zero-order valence-electron chi connectivity index (χ0n) is 19.0. The molecule has 172 valence electrons. The molecule has 0 aliphatic heterocycles. The van der Waals surface area contributed by atoms with Crippen LogP contribution in [-0.4, -0.2) is 32.2 Å². The van der Waals surface area contributed by atoms with Gasteiger partial charge in [0.15, 0.2) is 0 Å². The number of aromatic nitrogens is 1. The first-order valence-electron chi connectivity index (χ1n) is 10.7. The summed E-state index contributed by atoms with van der Waals surface area (Å²) < 4.78 is 19.1. The molecule has 1 aliphatic rings. The van der Waals surface area contributed by atoms with Crippen LogP contribution in [0, 0.1) is 19.7 Å². The monoisotopic (exact) mass is 451 g/mol. The van der Waals surface area contributed by atoms with Crippen molar-refractivity contribution in [3.63, 3.8) is 0 Å². The fraction of sp³-hybridized carbons (Fsp3) is 0.522. The van der Waals surface area contributed by atoms with E-state index < -0.39 is 6.10 Å². The normalized spacial score (nSPS) is 15.0. The van der Waals surface area contributed by atoms with E-state index in [0.29, 0.717) is 35.5 Å². The van der Waals surface area contributed by atoms with E-state index >= 15 is 0 Å². The van der Waals surface area contributed by atoms with Crippen LogP contribution in [0.1, 0.15) is 50.7 Å². The summed E-state index contributed by atoms with van der Waals surface area (Å²) in [6.45, 7) is 7.50. The zero-order valence-corrected chi connectivity index (χ0v) is 19.8. The van der Waals surface area contributed by atoms with Crippen molar-refractivity contribution in [2.75, 3.05) is 16.6 Å². The number of anilines is 3. The van der Waals surface area contributed by atoms with E-state index in [-0.39, 0.29) is 22.7 Å². The molecular formula is C23H34FN3O3S. The molecular weight excluding hydrogens is 417 g/mol. The molecule has 0 spiro atoms. The van der Waals surface area contributed by atoms with Crippen LogP contribution in [0.2, 0.25) is 0 Å². The van der Waals surface area contributed by atoms with Gasteiger partial charge in [0, 0.05) is 30.2 Å². The molecule has 4 N–H and O–H groups in total. The Morgan fingerprint density at radius 2 is 1.94 bits per heavy atom. The van der Waals surface area contributed by atoms with E-state index in [1.54, 1.807) is 26.2 Å². The number of aliphatic hydroxyl groups is 2. The Kier molecular flexibility index (Phi) is 8.97. The van der Waals surface area contributed by atoms with Crippen LogP contribution in [0.25, 0.3) is 0 Å². The standard InChI is InChI=1S/C21H28FN3O3S.C2H6/c1-13-4-5-17(16(22)10-13)23-19-14(2)20(28)25(3)12-18(19)24-29-21(7-8-21)11-15(27)6-9-26;1-2/h4-5,10,12,15,23-24,26-27H,6-9,11H2,1-3H3;1-2H3. The van der Waals surface area contributed by atoms with Crippen molar-refractivity contribution in [1.29, 1.82) is 0 Å². The molecule has 1 unspecified atom stereocenters. The number of rotatable bonds is 9. The minimum atomic E-state index is -0.544. The molecule has 31 heavy (non-hydrogen) atoms. The molecule has 0 saturated heterocycles. The smallest absolute Gasteiger partial charge is 0.255 e. The number of nitrogens with one attached hydrogen (secondary N) is 2. The molecule has 1 saturated carbocycles. The molecule has 0 radical (unpaired) electrons. The molecule has 1 aromatic heterocycles. The average Bonchev–Trinajstić information content (AvgIpc) is 3.49. The van der Waals surface area contributed by atoms with Crippen LogP contribution in [0.15, 0.2) is 29.2 Å². The highest BCUT2D eigenvalue weighted by Gasteiger charge is 2.45. The molecule has 0 amide bonds. The van der Waals surface area contributed by atoms with E-state index in [0.717, 1.165) is 18.4 Å². The van der Waals surface area contributed by atoms with Crippen LogP contribution >= 0.6 is 11.9 Å². The van der Waals surface area contributed by atoms with Crippen LogP contribution in [0.4, 0.5) is 21.5 Å². The fourth-order valence-electron chi connectivity index (χ4n) is 3.32. The molecule has 1 aromatic carbocycles. The Balaban J connectivity index is 0.00000166.